The first-order valence-electron chi connectivity index (χ1n) is 6.62. The molecule has 1 aromatic heterocycles. The molecule has 120 valence electrons. The van der Waals surface area contributed by atoms with Crippen LogP contribution in [0, 0.1) is 6.92 Å². The van der Waals surface area contributed by atoms with E-state index in [1.54, 1.807) is 45.2 Å². The van der Waals surface area contributed by atoms with E-state index in [4.69, 9.17) is 11.6 Å². The van der Waals surface area contributed by atoms with E-state index in [0.29, 0.717) is 11.3 Å². The molecule has 0 saturated heterocycles. The topological polar surface area (TPSA) is 84.2 Å². The minimum Gasteiger partial charge on any atom is -0.384 e. The van der Waals surface area contributed by atoms with Crippen molar-refractivity contribution >= 4 is 21.6 Å². The Morgan fingerprint density at radius 2 is 1.95 bits per heavy atom. The molecular weight excluding hydrogens is 326 g/mol. The van der Waals surface area contributed by atoms with Crippen LogP contribution in [-0.2, 0) is 22.7 Å². The Morgan fingerprint density at radius 3 is 2.45 bits per heavy atom. The second-order valence-electron chi connectivity index (χ2n) is 5.29. The van der Waals surface area contributed by atoms with Crippen LogP contribution in [0.2, 0.25) is 5.15 Å². The van der Waals surface area contributed by atoms with E-state index in [9.17, 15) is 13.5 Å². The number of nitrogens with one attached hydrogen (secondary N) is 1. The summed E-state index contributed by atoms with van der Waals surface area (Å²) >= 11 is 5.98. The summed E-state index contributed by atoms with van der Waals surface area (Å²) in [6.45, 7) is 2.93. The highest BCUT2D eigenvalue weighted by Crippen LogP contribution is 2.25. The summed E-state index contributed by atoms with van der Waals surface area (Å²) in [4.78, 5) is -0.0690. The fraction of sp³-hybridized carbons (Fsp3) is 0.357. The maximum atomic E-state index is 12.4. The molecule has 0 aliphatic rings. The summed E-state index contributed by atoms with van der Waals surface area (Å²) in [5.74, 6) is 0. The molecule has 1 unspecified atom stereocenters. The zero-order valence-electron chi connectivity index (χ0n) is 12.5. The van der Waals surface area contributed by atoms with Gasteiger partial charge in [-0.25, -0.2) is 13.1 Å². The van der Waals surface area contributed by atoms with Gasteiger partial charge in [-0.3, -0.25) is 4.68 Å². The van der Waals surface area contributed by atoms with E-state index in [2.05, 4.69) is 9.82 Å². The highest BCUT2D eigenvalue weighted by molar-refractivity contribution is 7.89. The minimum atomic E-state index is -3.87. The SMILES string of the molecule is Cc1nn(C)c(Cl)c1S(=O)(=O)NCC(C)(O)c1ccccc1. The summed E-state index contributed by atoms with van der Waals surface area (Å²) in [5.41, 5.74) is -0.414. The number of aryl methyl sites for hydroxylation is 2. The molecule has 0 saturated carbocycles. The summed E-state index contributed by atoms with van der Waals surface area (Å²) in [6.07, 6.45) is 0. The quantitative estimate of drug-likeness (QED) is 0.863. The number of hydrogen-bond acceptors (Lipinski definition) is 4. The molecule has 0 spiro atoms. The second kappa shape index (κ2) is 6.00. The molecule has 1 heterocycles. The number of hydrogen-bond donors (Lipinski definition) is 2. The first-order chi connectivity index (χ1) is 10.1. The minimum absolute atomic E-state index is 0.0318. The average molecular weight is 344 g/mol. The van der Waals surface area contributed by atoms with Crippen LogP contribution in [-0.4, -0.2) is 29.8 Å². The van der Waals surface area contributed by atoms with Gasteiger partial charge >= 0.3 is 0 Å². The molecule has 2 aromatic rings. The molecule has 0 aliphatic heterocycles. The smallest absolute Gasteiger partial charge is 0.245 e. The monoisotopic (exact) mass is 343 g/mol. The lowest BCUT2D eigenvalue weighted by atomic mass is 9.97. The average Bonchev–Trinajstić information content (AvgIpc) is 2.72. The summed E-state index contributed by atoms with van der Waals surface area (Å²) < 4.78 is 28.5. The Labute approximate surface area is 134 Å². The lowest BCUT2D eigenvalue weighted by Gasteiger charge is -2.24. The largest absolute Gasteiger partial charge is 0.384 e. The van der Waals surface area contributed by atoms with Gasteiger partial charge < -0.3 is 5.11 Å². The normalized spacial score (nSPS) is 14.8. The predicted octanol–water partition coefficient (Wildman–Crippen LogP) is 1.57. The zero-order chi connectivity index (χ0) is 16.5. The molecule has 0 fully saturated rings. The molecule has 8 heteroatoms. The molecule has 0 aliphatic carbocycles. The Bertz CT molecular complexity index is 770. The highest BCUT2D eigenvalue weighted by atomic mass is 35.5. The lowest BCUT2D eigenvalue weighted by Crippen LogP contribution is -2.38. The van der Waals surface area contributed by atoms with Crippen LogP contribution in [0.4, 0.5) is 0 Å². The van der Waals surface area contributed by atoms with Crippen LogP contribution in [0.15, 0.2) is 35.2 Å². The summed E-state index contributed by atoms with van der Waals surface area (Å²) in [7, 11) is -2.30. The third kappa shape index (κ3) is 3.33. The van der Waals surface area contributed by atoms with Crippen molar-refractivity contribution < 1.29 is 13.5 Å². The molecule has 22 heavy (non-hydrogen) atoms. The Hall–Kier alpha value is -1.41. The molecule has 1 atom stereocenters. The number of sulfonamides is 1. The van der Waals surface area contributed by atoms with Gasteiger partial charge in [-0.15, -0.1) is 0 Å². The fourth-order valence-corrected chi connectivity index (χ4v) is 4.00. The van der Waals surface area contributed by atoms with E-state index in [1.165, 1.54) is 4.68 Å². The number of aliphatic hydroxyl groups is 1. The number of halogens is 1. The molecule has 6 nitrogen and oxygen atoms in total. The van der Waals surface area contributed by atoms with E-state index in [0.717, 1.165) is 0 Å². The highest BCUT2D eigenvalue weighted by Gasteiger charge is 2.29. The maximum absolute atomic E-state index is 12.4. The first kappa shape index (κ1) is 17.0. The van der Waals surface area contributed by atoms with Crippen molar-refractivity contribution in [2.24, 2.45) is 7.05 Å². The number of benzene rings is 1. The summed E-state index contributed by atoms with van der Waals surface area (Å²) in [5, 5.41) is 14.5. The molecule has 2 N–H and O–H groups in total. The first-order valence-corrected chi connectivity index (χ1v) is 8.48. The molecule has 0 amide bonds. The van der Waals surface area contributed by atoms with E-state index < -0.39 is 15.6 Å². The second-order valence-corrected chi connectivity index (χ2v) is 7.36. The molecule has 0 bridgehead atoms. The van der Waals surface area contributed by atoms with Crippen molar-refractivity contribution in [3.8, 4) is 0 Å². The molecule has 2 rings (SSSR count). The lowest BCUT2D eigenvalue weighted by molar-refractivity contribution is 0.0627. The molecule has 0 radical (unpaired) electrons. The maximum Gasteiger partial charge on any atom is 0.245 e. The molecular formula is C14H18ClN3O3S. The van der Waals surface area contributed by atoms with Crippen LogP contribution < -0.4 is 4.72 Å². The standard InChI is InChI=1S/C14H18ClN3O3S/c1-10-12(13(15)18(3)17-10)22(20,21)16-9-14(2,19)11-7-5-4-6-8-11/h4-8,16,19H,9H2,1-3H3. The van der Waals surface area contributed by atoms with Crippen molar-refractivity contribution in [3.63, 3.8) is 0 Å². The van der Waals surface area contributed by atoms with Crippen molar-refractivity contribution in [2.45, 2.75) is 24.3 Å². The zero-order valence-corrected chi connectivity index (χ0v) is 14.1. The van der Waals surface area contributed by atoms with E-state index in [1.807, 2.05) is 6.07 Å². The Kier molecular flexibility index (Phi) is 4.62. The van der Waals surface area contributed by atoms with Crippen molar-refractivity contribution in [1.82, 2.24) is 14.5 Å². The van der Waals surface area contributed by atoms with Crippen LogP contribution in [0.25, 0.3) is 0 Å². The Morgan fingerprint density at radius 1 is 1.36 bits per heavy atom. The van der Waals surface area contributed by atoms with Gasteiger partial charge in [0.15, 0.2) is 0 Å². The summed E-state index contributed by atoms with van der Waals surface area (Å²) in [6, 6.07) is 8.84. The van der Waals surface area contributed by atoms with Gasteiger partial charge in [0, 0.05) is 13.6 Å². The van der Waals surface area contributed by atoms with Gasteiger partial charge in [0.25, 0.3) is 0 Å². The van der Waals surface area contributed by atoms with E-state index in [-0.39, 0.29) is 16.6 Å². The number of aromatic nitrogens is 2. The predicted molar refractivity (Wildman–Crippen MR) is 84.2 cm³/mol. The fourth-order valence-electron chi connectivity index (χ4n) is 2.12. The van der Waals surface area contributed by atoms with Crippen molar-refractivity contribution in [1.29, 1.82) is 0 Å². The van der Waals surface area contributed by atoms with Gasteiger partial charge in [-0.1, -0.05) is 41.9 Å². The van der Waals surface area contributed by atoms with Crippen LogP contribution in [0.1, 0.15) is 18.2 Å². The van der Waals surface area contributed by atoms with Gasteiger partial charge in [-0.2, -0.15) is 5.10 Å². The van der Waals surface area contributed by atoms with Gasteiger partial charge in [0.1, 0.15) is 15.6 Å². The van der Waals surface area contributed by atoms with Gasteiger partial charge in [0.2, 0.25) is 10.0 Å². The van der Waals surface area contributed by atoms with Crippen molar-refractivity contribution in [3.05, 3.63) is 46.7 Å². The van der Waals surface area contributed by atoms with Gasteiger partial charge in [0.05, 0.1) is 5.69 Å². The van der Waals surface area contributed by atoms with Gasteiger partial charge in [-0.05, 0) is 19.4 Å². The third-order valence-corrected chi connectivity index (χ3v) is 5.47. The van der Waals surface area contributed by atoms with Crippen LogP contribution in [0.5, 0.6) is 0 Å². The van der Waals surface area contributed by atoms with Crippen molar-refractivity contribution in [2.75, 3.05) is 6.54 Å². The van der Waals surface area contributed by atoms with E-state index >= 15 is 0 Å². The molecule has 1 aromatic carbocycles. The number of rotatable bonds is 5. The van der Waals surface area contributed by atoms with Crippen LogP contribution in [0.3, 0.4) is 0 Å². The Balaban J connectivity index is 2.23. The third-order valence-electron chi connectivity index (χ3n) is 3.37. The van der Waals surface area contributed by atoms with Crippen LogP contribution >= 0.6 is 11.6 Å². The number of nitrogens with zero attached hydrogens (tertiary/aromatic N) is 2.